The van der Waals surface area contributed by atoms with Gasteiger partial charge < -0.3 is 28.4 Å². The van der Waals surface area contributed by atoms with Gasteiger partial charge >= 0.3 is 0 Å². The van der Waals surface area contributed by atoms with Crippen molar-refractivity contribution in [2.24, 2.45) is 0 Å². The number of thiazole rings is 1. The minimum absolute atomic E-state index is 0.0368. The molecular weight excluding hydrogens is 792 g/mol. The first-order chi connectivity index (χ1) is 29.8. The molecule has 1 aliphatic heterocycles. The Hall–Kier alpha value is -5.93. The van der Waals surface area contributed by atoms with Crippen LogP contribution in [0.25, 0.3) is 55.2 Å². The van der Waals surface area contributed by atoms with Gasteiger partial charge in [-0.3, -0.25) is 15.0 Å². The van der Waals surface area contributed by atoms with E-state index in [4.69, 9.17) is 19.0 Å². The van der Waals surface area contributed by atoms with Gasteiger partial charge in [-0.15, -0.1) is 11.3 Å². The minimum Gasteiger partial charge on any atom is -0.481 e. The Kier molecular flexibility index (Phi) is 11.9. The number of hydrogen-bond donors (Lipinski definition) is 2. The highest BCUT2D eigenvalue weighted by Crippen LogP contribution is 2.34. The van der Waals surface area contributed by atoms with Crippen molar-refractivity contribution in [1.29, 1.82) is 0 Å². The fraction of sp³-hybridized carbons (Fsp3) is 0.319. The highest BCUT2D eigenvalue weighted by Gasteiger charge is 2.19. The molecule has 1 saturated heterocycles. The minimum atomic E-state index is -0.507. The molecule has 8 aromatic rings. The molecule has 1 amide bonds. The van der Waals surface area contributed by atoms with E-state index in [1.165, 1.54) is 27.9 Å². The maximum Gasteiger partial charge on any atom is 0.258 e. The van der Waals surface area contributed by atoms with Gasteiger partial charge in [-0.05, 0) is 86.3 Å². The molecule has 1 fully saturated rings. The number of halogens is 1. The fourth-order valence-electron chi connectivity index (χ4n) is 8.48. The van der Waals surface area contributed by atoms with Crippen molar-refractivity contribution < 1.29 is 23.2 Å². The van der Waals surface area contributed by atoms with Crippen LogP contribution in [-0.2, 0) is 42.0 Å². The second-order valence-electron chi connectivity index (χ2n) is 15.5. The maximum absolute atomic E-state index is 15.3. The molecule has 0 saturated carbocycles. The molecule has 61 heavy (non-hydrogen) atoms. The van der Waals surface area contributed by atoms with Gasteiger partial charge in [0.2, 0.25) is 0 Å². The summed E-state index contributed by atoms with van der Waals surface area (Å²) in [5.74, 6) is 0.899. The third kappa shape index (κ3) is 8.67. The monoisotopic (exact) mass is 840 g/mol. The number of benzene rings is 4. The normalized spacial score (nSPS) is 13.5. The Balaban J connectivity index is 0.790. The van der Waals surface area contributed by atoms with Gasteiger partial charge in [-0.1, -0.05) is 35.5 Å². The molecular formula is C47H49FN8O4S. The van der Waals surface area contributed by atoms with Crippen LogP contribution in [0.4, 0.5) is 4.39 Å². The van der Waals surface area contributed by atoms with Crippen LogP contribution in [0.3, 0.4) is 0 Å². The fourth-order valence-corrected chi connectivity index (χ4v) is 9.05. The molecule has 4 aromatic heterocycles. The van der Waals surface area contributed by atoms with E-state index in [2.05, 4.69) is 102 Å². The van der Waals surface area contributed by atoms with Crippen LogP contribution in [0, 0.1) is 19.7 Å². The Morgan fingerprint density at radius 2 is 1.72 bits per heavy atom. The van der Waals surface area contributed by atoms with Gasteiger partial charge in [0, 0.05) is 84.0 Å². The quantitative estimate of drug-likeness (QED) is 0.0735. The maximum atomic E-state index is 15.3. The van der Waals surface area contributed by atoms with E-state index in [0.29, 0.717) is 19.4 Å². The average Bonchev–Trinajstić information content (AvgIpc) is 4.08. The summed E-state index contributed by atoms with van der Waals surface area (Å²) in [6.07, 6.45) is 1.21. The second-order valence-corrected chi connectivity index (χ2v) is 16.2. The van der Waals surface area contributed by atoms with Crippen LogP contribution in [0.5, 0.6) is 5.75 Å². The van der Waals surface area contributed by atoms with Gasteiger partial charge in [0.25, 0.3) is 5.91 Å². The van der Waals surface area contributed by atoms with Crippen LogP contribution in [0.15, 0.2) is 88.2 Å². The Bertz CT molecular complexity index is 2800. The van der Waals surface area contributed by atoms with Crippen LogP contribution in [-0.4, -0.2) is 81.2 Å². The zero-order valence-corrected chi connectivity index (χ0v) is 35.5. The van der Waals surface area contributed by atoms with E-state index < -0.39 is 5.82 Å². The van der Waals surface area contributed by atoms with Crippen molar-refractivity contribution in [2.75, 3.05) is 46.1 Å². The molecule has 0 atom stereocenters. The van der Waals surface area contributed by atoms with Gasteiger partial charge in [-0.25, -0.2) is 14.4 Å². The zero-order valence-electron chi connectivity index (χ0n) is 34.7. The lowest BCUT2D eigenvalue weighted by molar-refractivity contribution is -0.123. The highest BCUT2D eigenvalue weighted by molar-refractivity contribution is 7.07. The molecule has 2 N–H and O–H groups in total. The predicted molar refractivity (Wildman–Crippen MR) is 237 cm³/mol. The van der Waals surface area contributed by atoms with Crippen LogP contribution < -0.4 is 15.4 Å². The Morgan fingerprint density at radius 1 is 0.885 bits per heavy atom. The average molecular weight is 841 g/mol. The summed E-state index contributed by atoms with van der Waals surface area (Å²) >= 11 is 1.59. The van der Waals surface area contributed by atoms with E-state index in [1.807, 2.05) is 25.4 Å². The Morgan fingerprint density at radius 3 is 2.51 bits per heavy atom. The lowest BCUT2D eigenvalue weighted by atomic mass is 10.0. The number of rotatable bonds is 16. The summed E-state index contributed by atoms with van der Waals surface area (Å²) in [5.41, 5.74) is 13.0. The molecule has 9 rings (SSSR count). The zero-order chi connectivity index (χ0) is 41.9. The lowest BCUT2D eigenvalue weighted by Crippen LogP contribution is -2.38. The molecule has 0 spiro atoms. The molecule has 14 heteroatoms. The van der Waals surface area contributed by atoms with Gasteiger partial charge in [0.1, 0.15) is 11.6 Å². The Labute approximate surface area is 357 Å². The van der Waals surface area contributed by atoms with E-state index >= 15 is 4.39 Å². The number of nitrogens with zero attached hydrogens (tertiary/aromatic N) is 6. The first kappa shape index (κ1) is 40.5. The second kappa shape index (κ2) is 18.0. The molecule has 0 unspecified atom stereocenters. The number of ether oxygens (including phenoxy) is 2. The summed E-state index contributed by atoms with van der Waals surface area (Å²) < 4.78 is 36.6. The molecule has 5 heterocycles. The van der Waals surface area contributed by atoms with Crippen molar-refractivity contribution in [2.45, 2.75) is 53.2 Å². The van der Waals surface area contributed by atoms with Crippen molar-refractivity contribution in [1.82, 2.24) is 39.8 Å². The standard InChI is InChI=1S/C47H49FN8O4S/c1-4-55-41-11-5-33(21-37(41)36-10-8-34(24-43(36)55)40-27-61-29-51-40)25-49-28-50-46(57)26-59-44-13-6-32(22-38(44)48)7-14-45-52-39-23-35(47-30(2)53-60-31(47)3)9-12-42(39)56(45)16-15-54-17-19-58-20-18-54/h5-6,8-13,21-24,27,29,49H,4,7,14-20,25-26,28H2,1-3H3,(H,50,57). The summed E-state index contributed by atoms with van der Waals surface area (Å²) in [4.78, 5) is 24.7. The van der Waals surface area contributed by atoms with Gasteiger partial charge in [0.05, 0.1) is 47.8 Å². The van der Waals surface area contributed by atoms with Crippen molar-refractivity contribution in [3.63, 3.8) is 0 Å². The molecule has 314 valence electrons. The molecule has 4 aromatic carbocycles. The number of carbonyl (C=O) groups is 1. The SMILES string of the molecule is CCn1c2ccc(CNCNC(=O)COc3ccc(CCc4nc5cc(-c6c(C)noc6C)ccc5n4CCN4CCOCC4)cc3F)cc2c2ccc(-c3cscn3)cc21. The van der Waals surface area contributed by atoms with Gasteiger partial charge in [0.15, 0.2) is 18.2 Å². The predicted octanol–water partition coefficient (Wildman–Crippen LogP) is 8.06. The van der Waals surface area contributed by atoms with Crippen LogP contribution >= 0.6 is 11.3 Å². The first-order valence-electron chi connectivity index (χ1n) is 20.9. The summed E-state index contributed by atoms with van der Waals surface area (Å²) in [5, 5.41) is 14.7. The highest BCUT2D eigenvalue weighted by atomic mass is 32.1. The van der Waals surface area contributed by atoms with E-state index in [9.17, 15) is 4.79 Å². The van der Waals surface area contributed by atoms with Crippen molar-refractivity contribution in [3.8, 4) is 28.1 Å². The molecule has 0 radical (unpaired) electrons. The number of imidazole rings is 1. The number of nitrogens with one attached hydrogen (secondary N) is 2. The number of carbonyl (C=O) groups excluding carboxylic acids is 1. The largest absolute Gasteiger partial charge is 0.481 e. The number of fused-ring (bicyclic) bond motifs is 4. The third-order valence-corrected chi connectivity index (χ3v) is 12.2. The smallest absolute Gasteiger partial charge is 0.258 e. The van der Waals surface area contributed by atoms with Crippen molar-refractivity contribution in [3.05, 3.63) is 118 Å². The summed E-state index contributed by atoms with van der Waals surface area (Å²) in [7, 11) is 0. The molecule has 1 aliphatic rings. The summed E-state index contributed by atoms with van der Waals surface area (Å²) in [6.45, 7) is 12.4. The molecule has 0 bridgehead atoms. The van der Waals surface area contributed by atoms with E-state index in [1.54, 1.807) is 17.4 Å². The van der Waals surface area contributed by atoms with Crippen LogP contribution in [0.1, 0.15) is 35.3 Å². The molecule has 12 nitrogen and oxygen atoms in total. The number of morpholine rings is 1. The number of hydrogen-bond acceptors (Lipinski definition) is 10. The van der Waals surface area contributed by atoms with E-state index in [0.717, 1.165) is 108 Å². The van der Waals surface area contributed by atoms with Crippen LogP contribution in [0.2, 0.25) is 0 Å². The van der Waals surface area contributed by atoms with E-state index in [-0.39, 0.29) is 24.9 Å². The number of aryl methyl sites for hydroxylation is 5. The topological polar surface area (TPSA) is 125 Å². The number of amides is 1. The lowest BCUT2D eigenvalue weighted by Gasteiger charge is -2.27. The van der Waals surface area contributed by atoms with Crippen molar-refractivity contribution >= 4 is 50.1 Å². The summed E-state index contributed by atoms with van der Waals surface area (Å²) in [6, 6.07) is 24.3. The third-order valence-electron chi connectivity index (χ3n) is 11.6. The van der Waals surface area contributed by atoms with Gasteiger partial charge in [-0.2, -0.15) is 0 Å². The number of aromatic nitrogens is 5. The molecule has 0 aliphatic carbocycles. The first-order valence-corrected chi connectivity index (χ1v) is 21.8.